The number of rotatable bonds is 8. The first kappa shape index (κ1) is 24.8. The molecule has 5 rings (SSSR count). The Morgan fingerprint density at radius 1 is 1.24 bits per heavy atom. The molecule has 3 N–H and O–H groups in total. The predicted molar refractivity (Wildman–Crippen MR) is 139 cm³/mol. The van der Waals surface area contributed by atoms with Crippen LogP contribution in [-0.4, -0.2) is 46.0 Å². The molecule has 3 amide bonds. The van der Waals surface area contributed by atoms with E-state index in [0.29, 0.717) is 40.9 Å². The largest absolute Gasteiger partial charge is 0.489 e. The van der Waals surface area contributed by atoms with Crippen molar-refractivity contribution in [2.24, 2.45) is 11.7 Å². The van der Waals surface area contributed by atoms with E-state index >= 15 is 0 Å². The van der Waals surface area contributed by atoms with Gasteiger partial charge in [-0.25, -0.2) is 14.0 Å². The zero-order chi connectivity index (χ0) is 26.3. The van der Waals surface area contributed by atoms with E-state index in [0.717, 1.165) is 6.42 Å². The molecule has 8 nitrogen and oxygen atoms in total. The highest BCUT2D eigenvalue weighted by molar-refractivity contribution is 6.30. The molecular formula is C27H26ClFN4O4. The minimum Gasteiger partial charge on any atom is -0.489 e. The van der Waals surface area contributed by atoms with Crippen LogP contribution in [0.2, 0.25) is 5.02 Å². The third kappa shape index (κ3) is 4.79. The Balaban J connectivity index is 1.33. The van der Waals surface area contributed by atoms with Gasteiger partial charge in [0.05, 0.1) is 22.3 Å². The number of likely N-dealkylation sites (tertiary alicyclic amines) is 1. The molecule has 1 saturated carbocycles. The van der Waals surface area contributed by atoms with Gasteiger partial charge < -0.3 is 20.7 Å². The standard InChI is InChI=1S/C27H26ClFN4O4/c1-2-10-37-17-7-8-18-20(14-32(26(30)35)22(18)13-17)31-27(36)33-21-11-16(21)12-23(33)24(34)9-6-15-4-3-5-19(28)25(15)29/h2-5,7-8,13-14,16,21,23H,1,6,9-12H2,(H2,30,35)(H,31,36)/t16?,21?,23-/m0/s1. The number of anilines is 1. The number of Topliss-reactive ketones (excluding diaryl/α,β-unsaturated/α-hetero) is 1. The van der Waals surface area contributed by atoms with Crippen molar-refractivity contribution in [2.45, 2.75) is 37.8 Å². The fraction of sp³-hybridized carbons (Fsp3) is 0.296. The molecule has 0 spiro atoms. The fourth-order valence-corrected chi connectivity index (χ4v) is 5.31. The van der Waals surface area contributed by atoms with E-state index in [9.17, 15) is 18.8 Å². The molecule has 1 aliphatic heterocycles. The molecule has 2 aromatic carbocycles. The Bertz CT molecular complexity index is 1420. The first-order chi connectivity index (χ1) is 17.8. The second-order valence-corrected chi connectivity index (χ2v) is 9.77. The SMILES string of the molecule is C=CCOc1ccc2c(NC(=O)N3C4CC4C[C@H]3C(=O)CCc3cccc(Cl)c3F)cn(C(N)=O)c2c1. The number of aromatic nitrogens is 1. The van der Waals surface area contributed by atoms with Crippen LogP contribution >= 0.6 is 11.6 Å². The molecule has 1 saturated heterocycles. The zero-order valence-electron chi connectivity index (χ0n) is 20.0. The zero-order valence-corrected chi connectivity index (χ0v) is 20.7. The van der Waals surface area contributed by atoms with Crippen molar-refractivity contribution in [1.82, 2.24) is 9.47 Å². The number of nitrogens with one attached hydrogen (secondary N) is 1. The molecular weight excluding hydrogens is 499 g/mol. The molecule has 37 heavy (non-hydrogen) atoms. The number of fused-ring (bicyclic) bond motifs is 2. The molecule has 1 aliphatic carbocycles. The number of primary amides is 1. The van der Waals surface area contributed by atoms with Crippen LogP contribution in [-0.2, 0) is 11.2 Å². The Labute approximate surface area is 217 Å². The van der Waals surface area contributed by atoms with Crippen molar-refractivity contribution < 1.29 is 23.5 Å². The molecule has 2 heterocycles. The molecule has 2 aliphatic rings. The Morgan fingerprint density at radius 2 is 2.05 bits per heavy atom. The van der Waals surface area contributed by atoms with Crippen LogP contribution in [0, 0.1) is 11.7 Å². The van der Waals surface area contributed by atoms with Gasteiger partial charge in [0.25, 0.3) is 0 Å². The summed E-state index contributed by atoms with van der Waals surface area (Å²) >= 11 is 5.85. The number of ketones is 1. The molecule has 1 aromatic heterocycles. The summed E-state index contributed by atoms with van der Waals surface area (Å²) in [5.74, 6) is 0.155. The number of piperidine rings is 1. The average Bonchev–Trinajstić information content (AvgIpc) is 3.39. The quantitative estimate of drug-likeness (QED) is 0.399. The maximum Gasteiger partial charge on any atom is 0.323 e. The van der Waals surface area contributed by atoms with Crippen molar-refractivity contribution in [1.29, 1.82) is 0 Å². The summed E-state index contributed by atoms with van der Waals surface area (Å²) in [4.78, 5) is 40.2. The Kier molecular flexibility index (Phi) is 6.64. The van der Waals surface area contributed by atoms with Crippen molar-refractivity contribution in [2.75, 3.05) is 11.9 Å². The lowest BCUT2D eigenvalue weighted by molar-refractivity contribution is -0.123. The topological polar surface area (TPSA) is 107 Å². The molecule has 3 atom stereocenters. The Morgan fingerprint density at radius 3 is 2.81 bits per heavy atom. The number of halogens is 2. The van der Waals surface area contributed by atoms with Crippen LogP contribution in [0.25, 0.3) is 10.9 Å². The fourth-order valence-electron chi connectivity index (χ4n) is 5.12. The van der Waals surface area contributed by atoms with Crippen LogP contribution < -0.4 is 15.8 Å². The van der Waals surface area contributed by atoms with Crippen molar-refractivity contribution >= 4 is 46.0 Å². The van der Waals surface area contributed by atoms with Crippen LogP contribution in [0.5, 0.6) is 5.75 Å². The minimum atomic E-state index is -0.712. The number of nitrogens with zero attached hydrogens (tertiary/aromatic N) is 2. The lowest BCUT2D eigenvalue weighted by Crippen LogP contribution is -2.45. The number of ether oxygens (including phenoxy) is 1. The molecule has 3 aromatic rings. The highest BCUT2D eigenvalue weighted by atomic mass is 35.5. The monoisotopic (exact) mass is 524 g/mol. The van der Waals surface area contributed by atoms with Gasteiger partial charge in [-0.05, 0) is 48.9 Å². The maximum atomic E-state index is 14.3. The first-order valence-electron chi connectivity index (χ1n) is 12.0. The predicted octanol–water partition coefficient (Wildman–Crippen LogP) is 5.12. The normalized spacial score (nSPS) is 19.9. The lowest BCUT2D eigenvalue weighted by Gasteiger charge is -2.27. The van der Waals surface area contributed by atoms with E-state index < -0.39 is 23.9 Å². The van der Waals surface area contributed by atoms with E-state index in [2.05, 4.69) is 11.9 Å². The molecule has 192 valence electrons. The number of hydrogen-bond donors (Lipinski definition) is 2. The number of amides is 3. The van der Waals surface area contributed by atoms with E-state index in [1.54, 1.807) is 41.3 Å². The van der Waals surface area contributed by atoms with Gasteiger partial charge >= 0.3 is 12.1 Å². The first-order valence-corrected chi connectivity index (χ1v) is 12.4. The van der Waals surface area contributed by atoms with Crippen LogP contribution in [0.3, 0.4) is 0 Å². The smallest absolute Gasteiger partial charge is 0.323 e. The molecule has 2 fully saturated rings. The molecule has 0 radical (unpaired) electrons. The second kappa shape index (κ2) is 9.89. The summed E-state index contributed by atoms with van der Waals surface area (Å²) in [7, 11) is 0. The minimum absolute atomic E-state index is 0.0137. The molecule has 0 bridgehead atoms. The number of hydrogen-bond acceptors (Lipinski definition) is 4. The number of nitrogens with two attached hydrogens (primary N) is 1. The van der Waals surface area contributed by atoms with Gasteiger partial charge in [-0.15, -0.1) is 0 Å². The average molecular weight is 525 g/mol. The number of benzene rings is 2. The molecule has 10 heteroatoms. The Hall–Kier alpha value is -3.85. The summed E-state index contributed by atoms with van der Waals surface area (Å²) < 4.78 is 21.0. The van der Waals surface area contributed by atoms with Crippen molar-refractivity contribution in [3.05, 3.63) is 71.7 Å². The van der Waals surface area contributed by atoms with Gasteiger partial charge in [0.2, 0.25) is 0 Å². The van der Waals surface area contributed by atoms with Crippen LogP contribution in [0.1, 0.15) is 24.8 Å². The van der Waals surface area contributed by atoms with Gasteiger partial charge in [0, 0.05) is 30.1 Å². The summed E-state index contributed by atoms with van der Waals surface area (Å²) in [6, 6.07) is 8.09. The van der Waals surface area contributed by atoms with Crippen molar-refractivity contribution in [3.63, 3.8) is 0 Å². The number of carbonyl (C=O) groups excluding carboxylic acids is 3. The molecule has 2 unspecified atom stereocenters. The van der Waals surface area contributed by atoms with E-state index in [1.807, 2.05) is 0 Å². The maximum absolute atomic E-state index is 14.3. The highest BCUT2D eigenvalue weighted by Gasteiger charge is 2.55. The number of urea groups is 1. The third-order valence-electron chi connectivity index (χ3n) is 7.01. The van der Waals surface area contributed by atoms with E-state index in [-0.39, 0.29) is 35.6 Å². The highest BCUT2D eigenvalue weighted by Crippen LogP contribution is 2.48. The summed E-state index contributed by atoms with van der Waals surface area (Å²) in [6.45, 7) is 3.91. The summed E-state index contributed by atoms with van der Waals surface area (Å²) in [6.07, 6.45) is 4.79. The number of carbonyl (C=O) groups is 3. The van der Waals surface area contributed by atoms with Gasteiger partial charge in [-0.2, -0.15) is 0 Å². The summed E-state index contributed by atoms with van der Waals surface area (Å²) in [5.41, 5.74) is 6.80. The van der Waals surface area contributed by atoms with E-state index in [4.69, 9.17) is 22.1 Å². The van der Waals surface area contributed by atoms with Gasteiger partial charge in [0.15, 0.2) is 5.78 Å². The van der Waals surface area contributed by atoms with E-state index in [1.165, 1.54) is 16.8 Å². The third-order valence-corrected chi connectivity index (χ3v) is 7.30. The van der Waals surface area contributed by atoms with Gasteiger partial charge in [0.1, 0.15) is 18.2 Å². The lowest BCUT2D eigenvalue weighted by atomic mass is 10.00. The van der Waals surface area contributed by atoms with Gasteiger partial charge in [-0.1, -0.05) is 36.4 Å². The van der Waals surface area contributed by atoms with Crippen molar-refractivity contribution in [3.8, 4) is 5.75 Å². The second-order valence-electron chi connectivity index (χ2n) is 9.36. The summed E-state index contributed by atoms with van der Waals surface area (Å²) in [5, 5.41) is 3.49. The van der Waals surface area contributed by atoms with Crippen LogP contribution in [0.15, 0.2) is 55.3 Å². The number of aryl methyl sites for hydroxylation is 1. The van der Waals surface area contributed by atoms with Gasteiger partial charge in [-0.3, -0.25) is 9.36 Å². The van der Waals surface area contributed by atoms with Crippen LogP contribution in [0.4, 0.5) is 19.7 Å².